The van der Waals surface area contributed by atoms with E-state index < -0.39 is 0 Å². The fourth-order valence-corrected chi connectivity index (χ4v) is 2.25. The van der Waals surface area contributed by atoms with Crippen LogP contribution in [0.15, 0.2) is 29.2 Å². The average Bonchev–Trinajstić information content (AvgIpc) is 3.18. The van der Waals surface area contributed by atoms with E-state index in [1.807, 2.05) is 24.3 Å². The Hall–Kier alpha value is -1.16. The topological polar surface area (TPSA) is 38.3 Å². The van der Waals surface area contributed by atoms with Gasteiger partial charge in [-0.15, -0.1) is 11.8 Å². The first-order valence-electron chi connectivity index (χ1n) is 5.81. The van der Waals surface area contributed by atoms with Gasteiger partial charge >= 0.3 is 0 Å². The molecule has 1 fully saturated rings. The molecule has 0 atom stereocenters. The van der Waals surface area contributed by atoms with Gasteiger partial charge < -0.3 is 10.1 Å². The average molecular weight is 251 g/mol. The molecule has 1 saturated carbocycles. The quantitative estimate of drug-likeness (QED) is 0.789. The summed E-state index contributed by atoms with van der Waals surface area (Å²) in [5.74, 6) is 2.15. The van der Waals surface area contributed by atoms with Crippen LogP contribution in [0.2, 0.25) is 0 Å². The van der Waals surface area contributed by atoms with E-state index in [0.29, 0.717) is 5.75 Å². The van der Waals surface area contributed by atoms with Crippen LogP contribution in [0, 0.1) is 5.92 Å². The number of rotatable bonds is 6. The second-order valence-electron chi connectivity index (χ2n) is 4.22. The second-order valence-corrected chi connectivity index (χ2v) is 5.26. The molecule has 17 heavy (non-hydrogen) atoms. The van der Waals surface area contributed by atoms with Gasteiger partial charge in [0.2, 0.25) is 5.91 Å². The van der Waals surface area contributed by atoms with Crippen molar-refractivity contribution < 1.29 is 9.53 Å². The fourth-order valence-electron chi connectivity index (χ4n) is 1.47. The van der Waals surface area contributed by atoms with E-state index in [-0.39, 0.29) is 5.91 Å². The van der Waals surface area contributed by atoms with Crippen LogP contribution >= 0.6 is 11.8 Å². The number of carbonyl (C=O) groups is 1. The molecule has 0 aromatic heterocycles. The highest BCUT2D eigenvalue weighted by Gasteiger charge is 2.21. The summed E-state index contributed by atoms with van der Waals surface area (Å²) in [6.07, 6.45) is 2.53. The third-order valence-corrected chi connectivity index (χ3v) is 3.69. The molecule has 3 nitrogen and oxygen atoms in total. The van der Waals surface area contributed by atoms with Crippen molar-refractivity contribution in [2.75, 3.05) is 19.4 Å². The van der Waals surface area contributed by atoms with Crippen LogP contribution < -0.4 is 10.1 Å². The smallest absolute Gasteiger partial charge is 0.230 e. The molecule has 4 heteroatoms. The number of nitrogens with one attached hydrogen (secondary N) is 1. The summed E-state index contributed by atoms with van der Waals surface area (Å²) in [4.78, 5) is 12.6. The van der Waals surface area contributed by atoms with Crippen LogP contribution in [-0.2, 0) is 4.79 Å². The summed E-state index contributed by atoms with van der Waals surface area (Å²) in [6, 6.07) is 7.76. The Labute approximate surface area is 106 Å². The third kappa shape index (κ3) is 4.30. The zero-order valence-corrected chi connectivity index (χ0v) is 10.8. The van der Waals surface area contributed by atoms with Gasteiger partial charge in [0.05, 0.1) is 12.9 Å². The summed E-state index contributed by atoms with van der Waals surface area (Å²) in [5.41, 5.74) is 0. The maximum atomic E-state index is 11.5. The molecule has 0 radical (unpaired) electrons. The molecule has 1 amide bonds. The molecule has 0 spiro atoms. The summed E-state index contributed by atoms with van der Waals surface area (Å²) in [7, 11) is 1.64. The Kier molecular flexibility index (Phi) is 4.31. The molecule has 1 N–H and O–H groups in total. The van der Waals surface area contributed by atoms with Crippen molar-refractivity contribution >= 4 is 17.7 Å². The van der Waals surface area contributed by atoms with Crippen LogP contribution in [0.25, 0.3) is 0 Å². The van der Waals surface area contributed by atoms with E-state index in [1.165, 1.54) is 24.6 Å². The molecule has 0 aliphatic heterocycles. The van der Waals surface area contributed by atoms with Gasteiger partial charge in [-0.05, 0) is 37.0 Å². The van der Waals surface area contributed by atoms with Crippen molar-refractivity contribution in [3.63, 3.8) is 0 Å². The molecule has 0 unspecified atom stereocenters. The van der Waals surface area contributed by atoms with Crippen molar-refractivity contribution in [3.8, 4) is 5.75 Å². The monoisotopic (exact) mass is 251 g/mol. The van der Waals surface area contributed by atoms with Gasteiger partial charge in [-0.25, -0.2) is 0 Å². The lowest BCUT2D eigenvalue weighted by molar-refractivity contribution is -0.118. The lowest BCUT2D eigenvalue weighted by Crippen LogP contribution is -2.27. The maximum absolute atomic E-state index is 11.5. The van der Waals surface area contributed by atoms with Crippen molar-refractivity contribution in [1.29, 1.82) is 0 Å². The highest BCUT2D eigenvalue weighted by atomic mass is 32.2. The van der Waals surface area contributed by atoms with Gasteiger partial charge in [-0.2, -0.15) is 0 Å². The normalized spacial score (nSPS) is 14.4. The summed E-state index contributed by atoms with van der Waals surface area (Å²) in [5, 5.41) is 2.95. The van der Waals surface area contributed by atoms with Gasteiger partial charge in [0.1, 0.15) is 5.75 Å². The molecule has 2 rings (SSSR count). The molecule has 0 saturated heterocycles. The van der Waals surface area contributed by atoms with Crippen molar-refractivity contribution in [2.45, 2.75) is 17.7 Å². The standard InChI is InChI=1S/C13H17NO2S/c1-16-11-3-2-4-12(7-11)17-9-13(15)14-8-10-5-6-10/h2-4,7,10H,5-6,8-9H2,1H3,(H,14,15). The molecule has 1 aromatic carbocycles. The Morgan fingerprint density at radius 2 is 2.35 bits per heavy atom. The number of hydrogen-bond donors (Lipinski definition) is 1. The number of amides is 1. The molecule has 1 aliphatic carbocycles. The van der Waals surface area contributed by atoms with Crippen LogP contribution in [-0.4, -0.2) is 25.3 Å². The van der Waals surface area contributed by atoms with Crippen molar-refractivity contribution in [2.24, 2.45) is 5.92 Å². The highest BCUT2D eigenvalue weighted by molar-refractivity contribution is 8.00. The summed E-state index contributed by atoms with van der Waals surface area (Å²) >= 11 is 1.54. The zero-order valence-electron chi connectivity index (χ0n) is 9.94. The van der Waals surface area contributed by atoms with E-state index >= 15 is 0 Å². The SMILES string of the molecule is COc1cccc(SCC(=O)NCC2CC2)c1. The number of hydrogen-bond acceptors (Lipinski definition) is 3. The van der Waals surface area contributed by atoms with Gasteiger partial charge in [-0.3, -0.25) is 4.79 Å². The molecule has 1 aromatic rings. The maximum Gasteiger partial charge on any atom is 0.230 e. The molecule has 92 valence electrons. The van der Waals surface area contributed by atoms with Gasteiger partial charge in [0.15, 0.2) is 0 Å². The second kappa shape index (κ2) is 5.96. The van der Waals surface area contributed by atoms with Crippen LogP contribution in [0.1, 0.15) is 12.8 Å². The first-order valence-corrected chi connectivity index (χ1v) is 6.80. The summed E-state index contributed by atoms with van der Waals surface area (Å²) in [6.45, 7) is 0.845. The number of methoxy groups -OCH3 is 1. The minimum absolute atomic E-state index is 0.115. The predicted molar refractivity (Wildman–Crippen MR) is 69.5 cm³/mol. The Morgan fingerprint density at radius 3 is 3.06 bits per heavy atom. The third-order valence-electron chi connectivity index (χ3n) is 2.70. The largest absolute Gasteiger partial charge is 0.497 e. The van der Waals surface area contributed by atoms with Crippen LogP contribution in [0.4, 0.5) is 0 Å². The van der Waals surface area contributed by atoms with E-state index in [4.69, 9.17) is 4.74 Å². The summed E-state index contributed by atoms with van der Waals surface area (Å²) < 4.78 is 5.13. The Balaban J connectivity index is 1.73. The number of benzene rings is 1. The molecule has 0 bridgehead atoms. The highest BCUT2D eigenvalue weighted by Crippen LogP contribution is 2.27. The molecule has 1 aliphatic rings. The first-order chi connectivity index (χ1) is 8.28. The molecule has 0 heterocycles. The van der Waals surface area contributed by atoms with Gasteiger partial charge in [-0.1, -0.05) is 6.07 Å². The minimum Gasteiger partial charge on any atom is -0.497 e. The Bertz CT molecular complexity index is 391. The van der Waals surface area contributed by atoms with E-state index in [2.05, 4.69) is 5.32 Å². The van der Waals surface area contributed by atoms with E-state index in [1.54, 1.807) is 7.11 Å². The van der Waals surface area contributed by atoms with E-state index in [9.17, 15) is 4.79 Å². The number of carbonyl (C=O) groups excluding carboxylic acids is 1. The van der Waals surface area contributed by atoms with Crippen molar-refractivity contribution in [1.82, 2.24) is 5.32 Å². The van der Waals surface area contributed by atoms with E-state index in [0.717, 1.165) is 23.1 Å². The van der Waals surface area contributed by atoms with Gasteiger partial charge in [0, 0.05) is 11.4 Å². The molecular weight excluding hydrogens is 234 g/mol. The Morgan fingerprint density at radius 1 is 1.53 bits per heavy atom. The number of thioether (sulfide) groups is 1. The minimum atomic E-state index is 0.115. The molecular formula is C13H17NO2S. The van der Waals surface area contributed by atoms with Gasteiger partial charge in [0.25, 0.3) is 0 Å². The van der Waals surface area contributed by atoms with Crippen LogP contribution in [0.3, 0.4) is 0 Å². The lowest BCUT2D eigenvalue weighted by Gasteiger charge is -2.05. The fraction of sp³-hybridized carbons (Fsp3) is 0.462. The first kappa shape index (κ1) is 12.3. The number of ether oxygens (including phenoxy) is 1. The predicted octanol–water partition coefficient (Wildman–Crippen LogP) is 2.31. The lowest BCUT2D eigenvalue weighted by atomic mass is 10.3. The van der Waals surface area contributed by atoms with Crippen LogP contribution in [0.5, 0.6) is 5.75 Å². The zero-order chi connectivity index (χ0) is 12.1. The van der Waals surface area contributed by atoms with Crippen molar-refractivity contribution in [3.05, 3.63) is 24.3 Å².